The van der Waals surface area contributed by atoms with Crippen LogP contribution in [0.3, 0.4) is 0 Å². The van der Waals surface area contributed by atoms with Crippen LogP contribution in [0.25, 0.3) is 0 Å². The van der Waals surface area contributed by atoms with Crippen molar-refractivity contribution < 1.29 is 14.3 Å². The molecule has 0 radical (unpaired) electrons. The summed E-state index contributed by atoms with van der Waals surface area (Å²) in [7, 11) is 1.56. The predicted octanol–water partition coefficient (Wildman–Crippen LogP) is 0.753. The molecule has 0 unspecified atom stereocenters. The first-order valence-corrected chi connectivity index (χ1v) is 8.88. The molecule has 2 aromatic heterocycles. The molecule has 29 heavy (non-hydrogen) atoms. The van der Waals surface area contributed by atoms with Crippen LogP contribution < -0.4 is 20.6 Å². The highest BCUT2D eigenvalue weighted by Crippen LogP contribution is 2.24. The van der Waals surface area contributed by atoms with Gasteiger partial charge in [0.05, 0.1) is 25.9 Å². The van der Waals surface area contributed by atoms with Gasteiger partial charge in [-0.15, -0.1) is 0 Å². The Morgan fingerprint density at radius 3 is 2.62 bits per heavy atom. The molecule has 1 aliphatic rings. The van der Waals surface area contributed by atoms with Crippen molar-refractivity contribution >= 4 is 17.6 Å². The minimum Gasteiger partial charge on any atom is -0.497 e. The fourth-order valence-corrected chi connectivity index (χ4v) is 3.03. The number of benzene rings is 1. The maximum absolute atomic E-state index is 12.7. The monoisotopic (exact) mass is 394 g/mol. The number of amides is 2. The summed E-state index contributed by atoms with van der Waals surface area (Å²) >= 11 is 0. The van der Waals surface area contributed by atoms with Crippen LogP contribution in [0.15, 0.2) is 53.5 Å². The Labute approximate surface area is 165 Å². The van der Waals surface area contributed by atoms with Crippen LogP contribution in [0, 0.1) is 0 Å². The first-order valence-electron chi connectivity index (χ1n) is 8.88. The van der Waals surface area contributed by atoms with Crippen molar-refractivity contribution in [3.8, 4) is 5.75 Å². The number of aromatic nitrogens is 4. The van der Waals surface area contributed by atoms with Crippen LogP contribution in [0.4, 0.5) is 10.5 Å². The molecule has 1 aromatic carbocycles. The van der Waals surface area contributed by atoms with Gasteiger partial charge < -0.3 is 10.1 Å². The molecule has 1 aliphatic heterocycles. The van der Waals surface area contributed by atoms with Crippen molar-refractivity contribution in [1.29, 1.82) is 0 Å². The fourth-order valence-electron chi connectivity index (χ4n) is 3.03. The average Bonchev–Trinajstić information content (AvgIpc) is 3.23. The van der Waals surface area contributed by atoms with Crippen molar-refractivity contribution in [2.75, 3.05) is 12.0 Å². The number of carbonyl (C=O) groups is 2. The van der Waals surface area contributed by atoms with Crippen LogP contribution >= 0.6 is 0 Å². The lowest BCUT2D eigenvalue weighted by Crippen LogP contribution is -2.37. The minimum atomic E-state index is -0.644. The van der Waals surface area contributed by atoms with Crippen molar-refractivity contribution in [3.05, 3.63) is 70.7 Å². The van der Waals surface area contributed by atoms with Gasteiger partial charge in [0.25, 0.3) is 0 Å². The number of ether oxygens (including phenoxy) is 1. The smallest absolute Gasteiger partial charge is 0.354 e. The third-order valence-corrected chi connectivity index (χ3v) is 4.50. The third-order valence-electron chi connectivity index (χ3n) is 4.50. The Morgan fingerprint density at radius 1 is 1.17 bits per heavy atom. The van der Waals surface area contributed by atoms with E-state index in [4.69, 9.17) is 4.74 Å². The second-order valence-electron chi connectivity index (χ2n) is 6.36. The number of hydrogen-bond acceptors (Lipinski definition) is 6. The maximum atomic E-state index is 12.7. The molecular weight excluding hydrogens is 376 g/mol. The zero-order valence-corrected chi connectivity index (χ0v) is 15.6. The number of hydrogen-bond donors (Lipinski definition) is 1. The Hall–Kier alpha value is -3.95. The number of pyridine rings is 1. The summed E-state index contributed by atoms with van der Waals surface area (Å²) in [4.78, 5) is 42.9. The quantitative estimate of drug-likeness (QED) is 0.661. The Balaban J connectivity index is 1.44. The van der Waals surface area contributed by atoms with Crippen LogP contribution in [0.5, 0.6) is 5.75 Å². The predicted molar refractivity (Wildman–Crippen MR) is 103 cm³/mol. The van der Waals surface area contributed by atoms with Crippen LogP contribution in [0.1, 0.15) is 11.5 Å². The van der Waals surface area contributed by atoms with Gasteiger partial charge >= 0.3 is 11.7 Å². The van der Waals surface area contributed by atoms with Gasteiger partial charge in [0.1, 0.15) is 12.3 Å². The average molecular weight is 394 g/mol. The van der Waals surface area contributed by atoms with Crippen LogP contribution in [-0.4, -0.2) is 38.4 Å². The van der Waals surface area contributed by atoms with Crippen molar-refractivity contribution in [3.63, 3.8) is 0 Å². The molecule has 2 amide bonds. The second-order valence-corrected chi connectivity index (χ2v) is 6.36. The second kappa shape index (κ2) is 7.58. The van der Waals surface area contributed by atoms with Crippen molar-refractivity contribution in [2.24, 2.45) is 0 Å². The first-order chi connectivity index (χ1) is 14.1. The van der Waals surface area contributed by atoms with Crippen LogP contribution in [0.2, 0.25) is 0 Å². The zero-order chi connectivity index (χ0) is 20.4. The molecule has 4 rings (SSSR count). The summed E-state index contributed by atoms with van der Waals surface area (Å²) in [5.41, 5.74) is 0.681. The minimum absolute atomic E-state index is 0.142. The van der Waals surface area contributed by atoms with E-state index < -0.39 is 17.6 Å². The Morgan fingerprint density at radius 2 is 1.97 bits per heavy atom. The molecule has 0 saturated heterocycles. The summed E-state index contributed by atoms with van der Waals surface area (Å²) in [5, 5.41) is 6.83. The van der Waals surface area contributed by atoms with E-state index in [2.05, 4.69) is 15.4 Å². The third kappa shape index (κ3) is 3.59. The number of methoxy groups -OCH3 is 1. The molecule has 0 spiro atoms. The van der Waals surface area contributed by atoms with E-state index >= 15 is 0 Å². The van der Waals surface area contributed by atoms with Gasteiger partial charge in [-0.2, -0.15) is 9.67 Å². The number of anilines is 1. The highest BCUT2D eigenvalue weighted by atomic mass is 16.5. The van der Waals surface area contributed by atoms with Crippen LogP contribution in [-0.2, 0) is 24.4 Å². The van der Waals surface area contributed by atoms with E-state index in [1.165, 1.54) is 4.90 Å². The topological polar surface area (TPSA) is 111 Å². The van der Waals surface area contributed by atoms with Gasteiger partial charge in [-0.25, -0.2) is 14.3 Å². The number of nitrogens with one attached hydrogen (secondary N) is 1. The lowest BCUT2D eigenvalue weighted by atomic mass is 10.3. The zero-order valence-electron chi connectivity index (χ0n) is 15.6. The SMILES string of the molecule is COc1ccc(N2Cc3nn(CC(=O)NCc4ccccn4)c(=O)n3C2=O)cc1. The number of nitrogens with zero attached hydrogens (tertiary/aromatic N) is 5. The normalized spacial score (nSPS) is 12.7. The summed E-state index contributed by atoms with van der Waals surface area (Å²) in [6.45, 7) is 0.108. The van der Waals surface area contributed by atoms with Gasteiger partial charge in [0.2, 0.25) is 5.91 Å². The van der Waals surface area contributed by atoms with Gasteiger partial charge in [0, 0.05) is 11.9 Å². The molecule has 0 atom stereocenters. The largest absolute Gasteiger partial charge is 0.497 e. The molecule has 3 aromatic rings. The molecule has 1 N–H and O–H groups in total. The number of carbonyl (C=O) groups excluding carboxylic acids is 2. The molecule has 10 heteroatoms. The van der Waals surface area contributed by atoms with E-state index in [-0.39, 0.29) is 25.5 Å². The summed E-state index contributed by atoms with van der Waals surface area (Å²) in [6.07, 6.45) is 1.63. The lowest BCUT2D eigenvalue weighted by Gasteiger charge is -2.15. The van der Waals surface area contributed by atoms with Crippen molar-refractivity contribution in [2.45, 2.75) is 19.6 Å². The first kappa shape index (κ1) is 18.4. The van der Waals surface area contributed by atoms with E-state index in [0.29, 0.717) is 17.1 Å². The molecule has 10 nitrogen and oxygen atoms in total. The van der Waals surface area contributed by atoms with E-state index in [1.807, 2.05) is 6.07 Å². The van der Waals surface area contributed by atoms with Gasteiger partial charge in [-0.05, 0) is 36.4 Å². The molecule has 0 saturated carbocycles. The van der Waals surface area contributed by atoms with Gasteiger partial charge in [0.15, 0.2) is 5.82 Å². The molecular formula is C19H18N6O4. The molecule has 0 aliphatic carbocycles. The molecule has 148 valence electrons. The number of rotatable bonds is 6. The van der Waals surface area contributed by atoms with E-state index in [9.17, 15) is 14.4 Å². The Kier molecular flexibility index (Phi) is 4.82. The van der Waals surface area contributed by atoms with Gasteiger partial charge in [-0.3, -0.25) is 14.7 Å². The fraction of sp³-hybridized carbons (Fsp3) is 0.211. The summed E-state index contributed by atoms with van der Waals surface area (Å²) in [6, 6.07) is 11.8. The lowest BCUT2D eigenvalue weighted by molar-refractivity contribution is -0.122. The van der Waals surface area contributed by atoms with E-state index in [1.54, 1.807) is 49.7 Å². The summed E-state index contributed by atoms with van der Waals surface area (Å²) in [5.74, 6) is 0.555. The standard InChI is InChI=1S/C19H18N6O4/c1-29-15-7-5-14(6-8-15)23-11-16-22-24(19(28)25(16)18(23)27)12-17(26)21-10-13-4-2-3-9-20-13/h2-9H,10-12H2,1H3,(H,21,26). The molecule has 0 fully saturated rings. The highest BCUT2D eigenvalue weighted by molar-refractivity contribution is 5.96. The highest BCUT2D eigenvalue weighted by Gasteiger charge is 2.33. The van der Waals surface area contributed by atoms with Gasteiger partial charge in [-0.1, -0.05) is 6.07 Å². The summed E-state index contributed by atoms with van der Waals surface area (Å²) < 4.78 is 7.08. The number of fused-ring (bicyclic) bond motifs is 1. The maximum Gasteiger partial charge on any atom is 0.354 e. The van der Waals surface area contributed by atoms with Crippen molar-refractivity contribution in [1.82, 2.24) is 24.6 Å². The molecule has 0 bridgehead atoms. The van der Waals surface area contributed by atoms with E-state index in [0.717, 1.165) is 9.25 Å². The Bertz CT molecular complexity index is 1100. The molecule has 3 heterocycles.